The molecule has 0 saturated heterocycles. The minimum absolute atomic E-state index is 0.0912. The van der Waals surface area contributed by atoms with Gasteiger partial charge >= 0.3 is 0 Å². The number of halogens is 1. The van der Waals surface area contributed by atoms with E-state index in [0.29, 0.717) is 20.2 Å². The summed E-state index contributed by atoms with van der Waals surface area (Å²) in [6, 6.07) is 7.29. The summed E-state index contributed by atoms with van der Waals surface area (Å²) in [5.74, 6) is -0.0729. The molecular formula is C13H13ClN4O2S3. The van der Waals surface area contributed by atoms with Gasteiger partial charge in [0.2, 0.25) is 11.8 Å². The molecule has 122 valence electrons. The molecule has 2 rings (SSSR count). The number of carbonyl (C=O) groups is 2. The smallest absolute Gasteiger partial charge is 0.230 e. The molecule has 2 amide bonds. The zero-order valence-corrected chi connectivity index (χ0v) is 15.0. The van der Waals surface area contributed by atoms with E-state index in [1.54, 1.807) is 12.1 Å². The second kappa shape index (κ2) is 9.11. The van der Waals surface area contributed by atoms with Gasteiger partial charge in [0, 0.05) is 11.6 Å². The number of amides is 2. The van der Waals surface area contributed by atoms with Crippen LogP contribution in [0.3, 0.4) is 0 Å². The number of benzene rings is 1. The monoisotopic (exact) mass is 388 g/mol. The first-order valence-corrected chi connectivity index (χ1v) is 9.58. The number of nitrogens with one attached hydrogen (secondary N) is 1. The fourth-order valence-electron chi connectivity index (χ4n) is 1.43. The Kier molecular flexibility index (Phi) is 7.15. The molecule has 2 aromatic rings. The molecule has 0 radical (unpaired) electrons. The van der Waals surface area contributed by atoms with Crippen LogP contribution in [0, 0.1) is 0 Å². The first kappa shape index (κ1) is 18.1. The molecule has 0 bridgehead atoms. The van der Waals surface area contributed by atoms with Gasteiger partial charge in [-0.2, -0.15) is 0 Å². The SMILES string of the molecule is NC(=O)CSc1nnc(SCC(=O)NCc2ccc(Cl)cc2)s1. The molecule has 1 aromatic carbocycles. The summed E-state index contributed by atoms with van der Waals surface area (Å²) in [5, 5.41) is 11.4. The van der Waals surface area contributed by atoms with Crippen molar-refractivity contribution in [3.05, 3.63) is 34.9 Å². The lowest BCUT2D eigenvalue weighted by Crippen LogP contribution is -2.24. The van der Waals surface area contributed by atoms with Crippen molar-refractivity contribution in [2.75, 3.05) is 11.5 Å². The Hall–Kier alpha value is -1.29. The van der Waals surface area contributed by atoms with Crippen LogP contribution in [0.25, 0.3) is 0 Å². The van der Waals surface area contributed by atoms with Crippen LogP contribution in [0.4, 0.5) is 0 Å². The van der Waals surface area contributed by atoms with Gasteiger partial charge in [0.15, 0.2) is 8.68 Å². The summed E-state index contributed by atoms with van der Waals surface area (Å²) in [7, 11) is 0. The molecule has 23 heavy (non-hydrogen) atoms. The molecule has 6 nitrogen and oxygen atoms in total. The van der Waals surface area contributed by atoms with E-state index in [4.69, 9.17) is 17.3 Å². The highest BCUT2D eigenvalue weighted by atomic mass is 35.5. The van der Waals surface area contributed by atoms with Crippen molar-refractivity contribution in [2.45, 2.75) is 15.2 Å². The molecule has 0 unspecified atom stereocenters. The summed E-state index contributed by atoms with van der Waals surface area (Å²) < 4.78 is 1.34. The second-order valence-electron chi connectivity index (χ2n) is 4.28. The van der Waals surface area contributed by atoms with Crippen molar-refractivity contribution in [1.82, 2.24) is 15.5 Å². The molecule has 0 spiro atoms. The van der Waals surface area contributed by atoms with Crippen molar-refractivity contribution in [2.24, 2.45) is 5.73 Å². The van der Waals surface area contributed by atoms with E-state index in [2.05, 4.69) is 15.5 Å². The van der Waals surface area contributed by atoms with E-state index in [0.717, 1.165) is 5.56 Å². The maximum Gasteiger partial charge on any atom is 0.230 e. The van der Waals surface area contributed by atoms with Crippen molar-refractivity contribution in [1.29, 1.82) is 0 Å². The first-order chi connectivity index (χ1) is 11.0. The van der Waals surface area contributed by atoms with E-state index >= 15 is 0 Å². The first-order valence-electron chi connectivity index (χ1n) is 6.41. The minimum atomic E-state index is -0.402. The van der Waals surface area contributed by atoms with E-state index in [9.17, 15) is 9.59 Å². The van der Waals surface area contributed by atoms with Crippen LogP contribution < -0.4 is 11.1 Å². The lowest BCUT2D eigenvalue weighted by atomic mass is 10.2. The number of aromatic nitrogens is 2. The Morgan fingerprint density at radius 1 is 1.13 bits per heavy atom. The van der Waals surface area contributed by atoms with E-state index in [1.165, 1.54) is 34.9 Å². The van der Waals surface area contributed by atoms with Crippen molar-refractivity contribution >= 4 is 58.3 Å². The molecule has 0 aliphatic rings. The molecule has 0 fully saturated rings. The fourth-order valence-corrected chi connectivity index (χ4v) is 4.14. The van der Waals surface area contributed by atoms with Crippen molar-refractivity contribution in [3.63, 3.8) is 0 Å². The molecule has 1 aromatic heterocycles. The van der Waals surface area contributed by atoms with Gasteiger partial charge in [-0.1, -0.05) is 58.6 Å². The average molecular weight is 389 g/mol. The summed E-state index contributed by atoms with van der Waals surface area (Å²) in [6.45, 7) is 0.451. The second-order valence-corrected chi connectivity index (χ2v) is 8.14. The Bertz CT molecular complexity index is 678. The number of nitrogens with two attached hydrogens (primary N) is 1. The van der Waals surface area contributed by atoms with E-state index in [1.807, 2.05) is 12.1 Å². The lowest BCUT2D eigenvalue weighted by molar-refractivity contribution is -0.118. The van der Waals surface area contributed by atoms with Gasteiger partial charge in [-0.3, -0.25) is 9.59 Å². The summed E-state index contributed by atoms with van der Waals surface area (Å²) in [5.41, 5.74) is 6.05. The van der Waals surface area contributed by atoms with Gasteiger partial charge in [0.1, 0.15) is 0 Å². The number of primary amides is 1. The third-order valence-corrected chi connectivity index (χ3v) is 5.92. The molecule has 1 heterocycles. The van der Waals surface area contributed by atoms with Crippen LogP contribution in [0.5, 0.6) is 0 Å². The summed E-state index contributed by atoms with van der Waals surface area (Å²) in [4.78, 5) is 22.5. The van der Waals surface area contributed by atoms with Crippen LogP contribution in [0.1, 0.15) is 5.56 Å². The van der Waals surface area contributed by atoms with Crippen molar-refractivity contribution < 1.29 is 9.59 Å². The maximum atomic E-state index is 11.8. The summed E-state index contributed by atoms with van der Waals surface area (Å²) in [6.07, 6.45) is 0. The van der Waals surface area contributed by atoms with E-state index < -0.39 is 5.91 Å². The highest BCUT2D eigenvalue weighted by Crippen LogP contribution is 2.28. The quantitative estimate of drug-likeness (QED) is 0.672. The van der Waals surface area contributed by atoms with Gasteiger partial charge < -0.3 is 11.1 Å². The van der Waals surface area contributed by atoms with Crippen LogP contribution in [-0.4, -0.2) is 33.5 Å². The number of hydrogen-bond donors (Lipinski definition) is 2. The Morgan fingerprint density at radius 2 is 1.74 bits per heavy atom. The number of carbonyl (C=O) groups excluding carboxylic acids is 2. The highest BCUT2D eigenvalue weighted by Gasteiger charge is 2.09. The van der Waals surface area contributed by atoms with Gasteiger partial charge in [-0.05, 0) is 17.7 Å². The third kappa shape index (κ3) is 6.78. The van der Waals surface area contributed by atoms with Crippen LogP contribution >= 0.6 is 46.5 Å². The average Bonchev–Trinajstić information content (AvgIpc) is 2.98. The molecular weight excluding hydrogens is 376 g/mol. The molecule has 0 aliphatic heterocycles. The lowest BCUT2D eigenvalue weighted by Gasteiger charge is -2.04. The summed E-state index contributed by atoms with van der Waals surface area (Å²) >= 11 is 9.68. The number of rotatable bonds is 8. The molecule has 0 atom stereocenters. The minimum Gasteiger partial charge on any atom is -0.369 e. The standard InChI is InChI=1S/C13H13ClN4O2S3/c14-9-3-1-8(2-4-9)5-16-11(20)7-22-13-18-17-12(23-13)21-6-10(15)19/h1-4H,5-7H2,(H2,15,19)(H,16,20). The molecule has 10 heteroatoms. The number of hydrogen-bond acceptors (Lipinski definition) is 7. The zero-order valence-electron chi connectivity index (χ0n) is 11.8. The van der Waals surface area contributed by atoms with Gasteiger partial charge in [0.25, 0.3) is 0 Å². The van der Waals surface area contributed by atoms with Crippen LogP contribution in [-0.2, 0) is 16.1 Å². The van der Waals surface area contributed by atoms with Gasteiger partial charge in [0.05, 0.1) is 11.5 Å². The highest BCUT2D eigenvalue weighted by molar-refractivity contribution is 8.03. The van der Waals surface area contributed by atoms with Crippen LogP contribution in [0.2, 0.25) is 5.02 Å². The van der Waals surface area contributed by atoms with Gasteiger partial charge in [-0.15, -0.1) is 10.2 Å². The largest absolute Gasteiger partial charge is 0.369 e. The van der Waals surface area contributed by atoms with Crippen LogP contribution in [0.15, 0.2) is 32.9 Å². The van der Waals surface area contributed by atoms with Gasteiger partial charge in [-0.25, -0.2) is 0 Å². The Labute approximate surface area is 150 Å². The molecule has 3 N–H and O–H groups in total. The number of nitrogens with zero attached hydrogens (tertiary/aromatic N) is 2. The molecule has 0 saturated carbocycles. The number of thioether (sulfide) groups is 2. The predicted octanol–water partition coefficient (Wildman–Crippen LogP) is 2.18. The Morgan fingerprint density at radius 3 is 2.35 bits per heavy atom. The predicted molar refractivity (Wildman–Crippen MR) is 93.9 cm³/mol. The maximum absolute atomic E-state index is 11.8. The third-order valence-electron chi connectivity index (χ3n) is 2.46. The zero-order chi connectivity index (χ0) is 16.7. The topological polar surface area (TPSA) is 98.0 Å². The van der Waals surface area contributed by atoms with Crippen molar-refractivity contribution in [3.8, 4) is 0 Å². The fraction of sp³-hybridized carbons (Fsp3) is 0.231. The van der Waals surface area contributed by atoms with E-state index in [-0.39, 0.29) is 17.4 Å². The molecule has 0 aliphatic carbocycles. The Balaban J connectivity index is 1.71. The normalized spacial score (nSPS) is 10.5.